The largest absolute Gasteiger partial charge is 0.481 e. The van der Waals surface area contributed by atoms with Gasteiger partial charge in [-0.3, -0.25) is 4.79 Å². The summed E-state index contributed by atoms with van der Waals surface area (Å²) < 4.78 is 0. The first-order chi connectivity index (χ1) is 3.72. The van der Waals surface area contributed by atoms with Crippen molar-refractivity contribution < 1.29 is 20.1 Å². The zero-order valence-electron chi connectivity index (χ0n) is 3.98. The fraction of sp³-hybridized carbons (Fsp3) is 0.250. The van der Waals surface area contributed by atoms with Crippen LogP contribution in [0.4, 0.5) is 0 Å². The van der Waals surface area contributed by atoms with Gasteiger partial charge in [-0.05, 0) is 0 Å². The van der Waals surface area contributed by atoms with Crippen LogP contribution in [-0.4, -0.2) is 21.3 Å². The summed E-state index contributed by atoms with van der Waals surface area (Å²) in [6.07, 6.45) is 0. The zero-order valence-corrected chi connectivity index (χ0v) is 3.98. The minimum atomic E-state index is -1.28. The summed E-state index contributed by atoms with van der Waals surface area (Å²) in [6.45, 7) is 0.782. The Balaban J connectivity index is 3.52. The molecule has 0 aliphatic carbocycles. The van der Waals surface area contributed by atoms with Gasteiger partial charge in [0, 0.05) is 0 Å². The van der Waals surface area contributed by atoms with Crippen molar-refractivity contribution in [1.82, 2.24) is 0 Å². The summed E-state index contributed by atoms with van der Waals surface area (Å²) in [5.41, 5.74) is 0. The molecule has 8 heavy (non-hydrogen) atoms. The molecule has 0 aromatic carbocycles. The molecule has 0 fully saturated rings. The number of rotatable bonds is 3. The van der Waals surface area contributed by atoms with Gasteiger partial charge in [0.15, 0.2) is 0 Å². The molecule has 0 atom stereocenters. The molecule has 4 heteroatoms. The van der Waals surface area contributed by atoms with Gasteiger partial charge < -0.3 is 15.3 Å². The van der Waals surface area contributed by atoms with Crippen molar-refractivity contribution in [1.29, 1.82) is 0 Å². The summed E-state index contributed by atoms with van der Waals surface area (Å²) in [7, 11) is 0. The van der Waals surface area contributed by atoms with Crippen molar-refractivity contribution in [2.24, 2.45) is 5.92 Å². The Labute approximate surface area is 46.4 Å². The molecule has 0 aromatic rings. The number of carboxylic acid groups (broad SMARTS) is 1. The molecule has 0 spiro atoms. The second kappa shape index (κ2) is 3.40. The Morgan fingerprint density at radius 3 is 1.75 bits per heavy atom. The second-order valence-electron chi connectivity index (χ2n) is 1.16. The van der Waals surface area contributed by atoms with Crippen LogP contribution in [0.1, 0.15) is 0 Å². The van der Waals surface area contributed by atoms with Crippen molar-refractivity contribution in [2.75, 3.05) is 0 Å². The highest BCUT2D eigenvalue weighted by molar-refractivity contribution is 5.72. The first kappa shape index (κ1) is 7.39. The number of aliphatic hydroxyl groups is 2. The van der Waals surface area contributed by atoms with Crippen molar-refractivity contribution in [3.63, 3.8) is 0 Å². The number of hydrogen-bond donors (Lipinski definition) is 3. The van der Waals surface area contributed by atoms with Gasteiger partial charge in [-0.15, -0.1) is 0 Å². The molecule has 0 aliphatic rings. The van der Waals surface area contributed by atoms with E-state index in [-0.39, 0.29) is 0 Å². The maximum atomic E-state index is 9.78. The van der Waals surface area contributed by atoms with E-state index in [1.165, 1.54) is 0 Å². The highest BCUT2D eigenvalue weighted by Gasteiger charge is 2.14. The standard InChI is InChI=1S/C4H6O4/c5-1-3(2-6)4(7)8/h1-3,5-6H,(H,7,8). The van der Waals surface area contributed by atoms with Gasteiger partial charge in [-0.2, -0.15) is 0 Å². The molecule has 0 unspecified atom stereocenters. The van der Waals surface area contributed by atoms with E-state index in [0.29, 0.717) is 13.2 Å². The molecule has 0 rings (SSSR count). The third kappa shape index (κ3) is 1.90. The fourth-order valence-corrected chi connectivity index (χ4v) is 0.166. The molecule has 0 amide bonds. The highest BCUT2D eigenvalue weighted by Crippen LogP contribution is 1.99. The van der Waals surface area contributed by atoms with Crippen LogP contribution in [0.15, 0.2) is 0 Å². The molecule has 3 N–H and O–H groups in total. The third-order valence-electron chi connectivity index (χ3n) is 0.606. The minimum absolute atomic E-state index is 0.391. The molecular weight excluding hydrogens is 112 g/mol. The first-order valence-electron chi connectivity index (χ1n) is 1.90. The summed E-state index contributed by atoms with van der Waals surface area (Å²) in [5.74, 6) is -2.55. The molecule has 46 valence electrons. The Kier molecular flexibility index (Phi) is 3.14. The topological polar surface area (TPSA) is 77.8 Å². The Morgan fingerprint density at radius 1 is 1.38 bits per heavy atom. The monoisotopic (exact) mass is 118 g/mol. The zero-order chi connectivity index (χ0) is 6.57. The Morgan fingerprint density at radius 2 is 1.75 bits per heavy atom. The molecule has 0 aromatic heterocycles. The van der Waals surface area contributed by atoms with Crippen LogP contribution in [0, 0.1) is 19.1 Å². The van der Waals surface area contributed by atoms with E-state index in [4.69, 9.17) is 15.3 Å². The first-order valence-corrected chi connectivity index (χ1v) is 1.90. The van der Waals surface area contributed by atoms with Gasteiger partial charge in [0.1, 0.15) is 5.92 Å². The van der Waals surface area contributed by atoms with Gasteiger partial charge >= 0.3 is 5.97 Å². The van der Waals surface area contributed by atoms with Gasteiger partial charge in [0.05, 0.1) is 13.2 Å². The number of hydrogen-bond acceptors (Lipinski definition) is 3. The average molecular weight is 118 g/mol. The lowest BCUT2D eigenvalue weighted by Gasteiger charge is -1.99. The van der Waals surface area contributed by atoms with Gasteiger partial charge in [0.2, 0.25) is 0 Å². The molecular formula is C4H6O4. The summed E-state index contributed by atoms with van der Waals surface area (Å²) >= 11 is 0. The van der Waals surface area contributed by atoms with Crippen LogP contribution >= 0.6 is 0 Å². The minimum Gasteiger partial charge on any atom is -0.481 e. The quantitative estimate of drug-likeness (QED) is 0.477. The van der Waals surface area contributed by atoms with E-state index in [9.17, 15) is 4.79 Å². The van der Waals surface area contributed by atoms with Crippen LogP contribution in [-0.2, 0) is 4.79 Å². The van der Waals surface area contributed by atoms with Crippen LogP contribution in [0.25, 0.3) is 0 Å². The number of carbonyl (C=O) groups is 1. The number of carboxylic acids is 1. The third-order valence-corrected chi connectivity index (χ3v) is 0.606. The van der Waals surface area contributed by atoms with Crippen LogP contribution in [0.5, 0.6) is 0 Å². The van der Waals surface area contributed by atoms with Crippen molar-refractivity contribution in [2.45, 2.75) is 0 Å². The van der Waals surface area contributed by atoms with E-state index in [0.717, 1.165) is 0 Å². The lowest BCUT2D eigenvalue weighted by atomic mass is 10.2. The van der Waals surface area contributed by atoms with E-state index >= 15 is 0 Å². The van der Waals surface area contributed by atoms with Crippen molar-refractivity contribution in [3.05, 3.63) is 13.2 Å². The van der Waals surface area contributed by atoms with Crippen molar-refractivity contribution >= 4 is 5.97 Å². The number of aliphatic hydroxyl groups excluding tert-OH is 2. The van der Waals surface area contributed by atoms with Gasteiger partial charge in [-0.25, -0.2) is 0 Å². The van der Waals surface area contributed by atoms with Gasteiger partial charge in [0.25, 0.3) is 0 Å². The van der Waals surface area contributed by atoms with E-state index in [2.05, 4.69) is 0 Å². The summed E-state index contributed by atoms with van der Waals surface area (Å²) in [5, 5.41) is 24.0. The van der Waals surface area contributed by atoms with Crippen LogP contribution in [0.2, 0.25) is 0 Å². The van der Waals surface area contributed by atoms with Crippen molar-refractivity contribution in [3.8, 4) is 0 Å². The predicted octanol–water partition coefficient (Wildman–Crippen LogP) is -0.244. The lowest BCUT2D eigenvalue weighted by Crippen LogP contribution is -2.13. The maximum Gasteiger partial charge on any atom is 0.312 e. The number of aliphatic carboxylic acids is 1. The molecule has 0 saturated heterocycles. The predicted molar refractivity (Wildman–Crippen MR) is 23.6 cm³/mol. The second-order valence-corrected chi connectivity index (χ2v) is 1.16. The molecule has 0 saturated carbocycles. The van der Waals surface area contributed by atoms with E-state index in [1.807, 2.05) is 0 Å². The molecule has 0 heterocycles. The summed E-state index contributed by atoms with van der Waals surface area (Å²) in [4.78, 5) is 9.78. The molecule has 2 radical (unpaired) electrons. The highest BCUT2D eigenvalue weighted by atomic mass is 16.4. The van der Waals surface area contributed by atoms with E-state index < -0.39 is 11.9 Å². The SMILES string of the molecule is O=C(O)C([CH]O)[CH]O. The molecule has 0 aliphatic heterocycles. The molecule has 4 nitrogen and oxygen atoms in total. The Bertz CT molecular complexity index is 76.1. The van der Waals surface area contributed by atoms with Crippen LogP contribution < -0.4 is 0 Å². The fourth-order valence-electron chi connectivity index (χ4n) is 0.166. The maximum absolute atomic E-state index is 9.78. The lowest BCUT2D eigenvalue weighted by molar-refractivity contribution is -0.141. The Hall–Kier alpha value is -0.610. The smallest absolute Gasteiger partial charge is 0.312 e. The van der Waals surface area contributed by atoms with Crippen LogP contribution in [0.3, 0.4) is 0 Å². The van der Waals surface area contributed by atoms with E-state index in [1.54, 1.807) is 0 Å². The normalized spacial score (nSPS) is 9.88. The summed E-state index contributed by atoms with van der Waals surface area (Å²) in [6, 6.07) is 0. The molecule has 0 bridgehead atoms. The van der Waals surface area contributed by atoms with Gasteiger partial charge in [-0.1, -0.05) is 0 Å². The average Bonchev–Trinajstić information content (AvgIpc) is 1.69.